The van der Waals surface area contributed by atoms with Crippen LogP contribution in [0.5, 0.6) is 0 Å². The first-order valence-electron chi connectivity index (χ1n) is 7.49. The quantitative estimate of drug-likeness (QED) is 0.791. The van der Waals surface area contributed by atoms with Gasteiger partial charge in [-0.05, 0) is 60.2 Å². The van der Waals surface area contributed by atoms with Crippen molar-refractivity contribution in [3.8, 4) is 0 Å². The Morgan fingerprint density at radius 1 is 1.33 bits per heavy atom. The number of hydrogen-bond donors (Lipinski definition) is 2. The molecular weight excluding hydrogens is 372 g/mol. The highest BCUT2D eigenvalue weighted by molar-refractivity contribution is 9.10. The first-order chi connectivity index (χ1) is 11.3. The molecule has 0 spiro atoms. The first-order valence-corrected chi connectivity index (χ1v) is 8.29. The lowest BCUT2D eigenvalue weighted by molar-refractivity contribution is -0.120. The van der Waals surface area contributed by atoms with Crippen molar-refractivity contribution < 1.29 is 9.59 Å². The van der Waals surface area contributed by atoms with Gasteiger partial charge in [0.15, 0.2) is 0 Å². The molecule has 6 nitrogen and oxygen atoms in total. The van der Waals surface area contributed by atoms with Crippen LogP contribution in [0.25, 0.3) is 0 Å². The lowest BCUT2D eigenvalue weighted by Gasteiger charge is -2.24. The Morgan fingerprint density at radius 2 is 1.96 bits per heavy atom. The zero-order valence-corrected chi connectivity index (χ0v) is 15.5. The predicted molar refractivity (Wildman–Crippen MR) is 97.6 cm³/mol. The standard InChI is InChI=1S/C17H21BrN4O2/c1-11(21(2)10-15-8-13(18)9-22(15)3)17(24)20-14-6-4-12(5-7-14)16(19)23/h4-9,11H,10H2,1-3H3,(H2,19,23)(H,20,24). The number of anilines is 1. The molecule has 1 aromatic heterocycles. The number of nitrogens with zero attached hydrogens (tertiary/aromatic N) is 2. The number of aromatic nitrogens is 1. The van der Waals surface area contributed by atoms with Gasteiger partial charge >= 0.3 is 0 Å². The summed E-state index contributed by atoms with van der Waals surface area (Å²) < 4.78 is 3.04. The topological polar surface area (TPSA) is 80.4 Å². The number of hydrogen-bond acceptors (Lipinski definition) is 3. The Morgan fingerprint density at radius 3 is 2.46 bits per heavy atom. The number of carbonyl (C=O) groups excluding carboxylic acids is 2. The number of rotatable bonds is 6. The molecule has 128 valence electrons. The van der Waals surface area contributed by atoms with Crippen molar-refractivity contribution in [1.29, 1.82) is 0 Å². The van der Waals surface area contributed by atoms with Crippen molar-refractivity contribution in [3.05, 3.63) is 52.3 Å². The number of aryl methyl sites for hydroxylation is 1. The summed E-state index contributed by atoms with van der Waals surface area (Å²) in [5, 5.41) is 2.85. The predicted octanol–water partition coefficient (Wildman–Crippen LogP) is 2.35. The minimum absolute atomic E-state index is 0.113. The van der Waals surface area contributed by atoms with Gasteiger partial charge in [-0.2, -0.15) is 0 Å². The van der Waals surface area contributed by atoms with E-state index in [1.54, 1.807) is 24.3 Å². The number of likely N-dealkylation sites (N-methyl/N-ethyl adjacent to an activating group) is 1. The highest BCUT2D eigenvalue weighted by Gasteiger charge is 2.19. The van der Waals surface area contributed by atoms with E-state index in [4.69, 9.17) is 5.73 Å². The molecule has 0 fully saturated rings. The third-order valence-corrected chi connectivity index (χ3v) is 4.40. The number of amides is 2. The van der Waals surface area contributed by atoms with Gasteiger partial charge in [0, 0.05) is 41.2 Å². The number of carbonyl (C=O) groups is 2. The fourth-order valence-corrected chi connectivity index (χ4v) is 2.85. The maximum absolute atomic E-state index is 12.4. The van der Waals surface area contributed by atoms with E-state index in [2.05, 4.69) is 21.2 Å². The molecule has 0 aliphatic heterocycles. The fraction of sp³-hybridized carbons (Fsp3) is 0.294. The van der Waals surface area contributed by atoms with E-state index in [0.717, 1.165) is 10.2 Å². The molecule has 0 saturated heterocycles. The molecule has 24 heavy (non-hydrogen) atoms. The summed E-state index contributed by atoms with van der Waals surface area (Å²) in [5.74, 6) is -0.604. The van der Waals surface area contributed by atoms with Crippen LogP contribution in [-0.4, -0.2) is 34.4 Å². The van der Waals surface area contributed by atoms with Gasteiger partial charge in [0.25, 0.3) is 0 Å². The summed E-state index contributed by atoms with van der Waals surface area (Å²) >= 11 is 3.45. The van der Waals surface area contributed by atoms with E-state index in [9.17, 15) is 9.59 Å². The van der Waals surface area contributed by atoms with Gasteiger partial charge in [-0.15, -0.1) is 0 Å². The van der Waals surface area contributed by atoms with Gasteiger partial charge < -0.3 is 15.6 Å². The van der Waals surface area contributed by atoms with Crippen molar-refractivity contribution >= 4 is 33.4 Å². The minimum Gasteiger partial charge on any atom is -0.366 e. The second kappa shape index (κ2) is 7.63. The average Bonchev–Trinajstić information content (AvgIpc) is 2.84. The summed E-state index contributed by atoms with van der Waals surface area (Å²) in [6, 6.07) is 8.23. The summed E-state index contributed by atoms with van der Waals surface area (Å²) in [6.07, 6.45) is 1.98. The summed E-state index contributed by atoms with van der Waals surface area (Å²) in [5.41, 5.74) is 7.35. The Bertz CT molecular complexity index is 740. The van der Waals surface area contributed by atoms with Crippen LogP contribution in [0.4, 0.5) is 5.69 Å². The van der Waals surface area contributed by atoms with Gasteiger partial charge in [0.2, 0.25) is 11.8 Å². The Balaban J connectivity index is 1.98. The fourth-order valence-electron chi connectivity index (χ4n) is 2.28. The monoisotopic (exact) mass is 392 g/mol. The van der Waals surface area contributed by atoms with E-state index >= 15 is 0 Å². The Labute approximate surface area is 149 Å². The lowest BCUT2D eigenvalue weighted by atomic mass is 10.2. The van der Waals surface area contributed by atoms with Crippen LogP contribution < -0.4 is 11.1 Å². The van der Waals surface area contributed by atoms with E-state index in [1.165, 1.54) is 0 Å². The third kappa shape index (κ3) is 4.46. The van der Waals surface area contributed by atoms with Crippen LogP contribution in [0.2, 0.25) is 0 Å². The normalized spacial score (nSPS) is 12.2. The van der Waals surface area contributed by atoms with E-state index in [-0.39, 0.29) is 11.9 Å². The number of halogens is 1. The van der Waals surface area contributed by atoms with Crippen molar-refractivity contribution in [2.24, 2.45) is 12.8 Å². The van der Waals surface area contributed by atoms with Gasteiger partial charge in [-0.25, -0.2) is 0 Å². The summed E-state index contributed by atoms with van der Waals surface area (Å²) in [4.78, 5) is 25.4. The van der Waals surface area contributed by atoms with Crippen LogP contribution in [0.1, 0.15) is 23.0 Å². The van der Waals surface area contributed by atoms with E-state index < -0.39 is 5.91 Å². The molecule has 0 radical (unpaired) electrons. The third-order valence-electron chi connectivity index (χ3n) is 3.96. The van der Waals surface area contributed by atoms with Crippen molar-refractivity contribution in [3.63, 3.8) is 0 Å². The molecule has 0 saturated carbocycles. The molecular formula is C17H21BrN4O2. The zero-order valence-electron chi connectivity index (χ0n) is 13.9. The second-order valence-corrected chi connectivity index (χ2v) is 6.70. The molecule has 1 heterocycles. The van der Waals surface area contributed by atoms with Crippen LogP contribution in [0, 0.1) is 0 Å². The molecule has 2 amide bonds. The van der Waals surface area contributed by atoms with Crippen LogP contribution in [0.3, 0.4) is 0 Å². The molecule has 1 unspecified atom stereocenters. The molecule has 1 atom stereocenters. The zero-order chi connectivity index (χ0) is 17.9. The van der Waals surface area contributed by atoms with Crippen LogP contribution in [-0.2, 0) is 18.4 Å². The van der Waals surface area contributed by atoms with Crippen molar-refractivity contribution in [2.75, 3.05) is 12.4 Å². The van der Waals surface area contributed by atoms with Gasteiger partial charge in [-0.1, -0.05) is 0 Å². The van der Waals surface area contributed by atoms with Gasteiger partial charge in [0.05, 0.1) is 6.04 Å². The number of nitrogens with two attached hydrogens (primary N) is 1. The summed E-state index contributed by atoms with van der Waals surface area (Å²) in [6.45, 7) is 2.50. The lowest BCUT2D eigenvalue weighted by Crippen LogP contribution is -2.39. The molecule has 0 aliphatic rings. The molecule has 0 aliphatic carbocycles. The summed E-state index contributed by atoms with van der Waals surface area (Å²) in [7, 11) is 3.88. The highest BCUT2D eigenvalue weighted by atomic mass is 79.9. The average molecular weight is 393 g/mol. The molecule has 2 aromatic rings. The minimum atomic E-state index is -0.491. The number of nitrogens with one attached hydrogen (secondary N) is 1. The molecule has 1 aromatic carbocycles. The number of benzene rings is 1. The first kappa shape index (κ1) is 18.2. The van der Waals surface area contributed by atoms with Gasteiger partial charge in [0.1, 0.15) is 0 Å². The van der Waals surface area contributed by atoms with Crippen molar-refractivity contribution in [2.45, 2.75) is 19.5 Å². The van der Waals surface area contributed by atoms with Crippen LogP contribution >= 0.6 is 15.9 Å². The number of primary amides is 1. The molecule has 3 N–H and O–H groups in total. The molecule has 2 rings (SSSR count). The highest BCUT2D eigenvalue weighted by Crippen LogP contribution is 2.16. The Kier molecular flexibility index (Phi) is 5.80. The SMILES string of the molecule is CC(C(=O)Nc1ccc(C(N)=O)cc1)N(C)Cc1cc(Br)cn1C. The molecule has 0 bridgehead atoms. The maximum Gasteiger partial charge on any atom is 0.248 e. The van der Waals surface area contributed by atoms with E-state index in [1.807, 2.05) is 42.7 Å². The Hall–Kier alpha value is -2.12. The van der Waals surface area contributed by atoms with Gasteiger partial charge in [-0.3, -0.25) is 14.5 Å². The second-order valence-electron chi connectivity index (χ2n) is 5.78. The largest absolute Gasteiger partial charge is 0.366 e. The molecule has 7 heteroatoms. The van der Waals surface area contributed by atoms with Crippen molar-refractivity contribution in [1.82, 2.24) is 9.47 Å². The van der Waals surface area contributed by atoms with Crippen LogP contribution in [0.15, 0.2) is 41.0 Å². The maximum atomic E-state index is 12.4. The smallest absolute Gasteiger partial charge is 0.248 e. The van der Waals surface area contributed by atoms with E-state index in [0.29, 0.717) is 17.8 Å².